The fourth-order valence-corrected chi connectivity index (χ4v) is 2.53. The number of hydrogen-bond donors (Lipinski definition) is 3. The van der Waals surface area contributed by atoms with Gasteiger partial charge in [0.1, 0.15) is 0 Å². The summed E-state index contributed by atoms with van der Waals surface area (Å²) in [5.74, 6) is -0.393. The minimum atomic E-state index is -3.65. The van der Waals surface area contributed by atoms with Gasteiger partial charge < -0.3 is 10.4 Å². The van der Waals surface area contributed by atoms with Gasteiger partial charge in [-0.2, -0.15) is 0 Å². The highest BCUT2D eigenvalue weighted by atomic mass is 32.2. The van der Waals surface area contributed by atoms with Crippen molar-refractivity contribution < 1.29 is 18.3 Å². The Morgan fingerprint density at radius 3 is 2.55 bits per heavy atom. The first-order valence-electron chi connectivity index (χ1n) is 6.41. The molecule has 6 nitrogen and oxygen atoms in total. The number of carbonyl (C=O) groups excluding carboxylic acids is 1. The van der Waals surface area contributed by atoms with E-state index in [0.717, 1.165) is 0 Å². The van der Waals surface area contributed by atoms with Crippen LogP contribution in [0.1, 0.15) is 19.8 Å². The Morgan fingerprint density at radius 2 is 1.95 bits per heavy atom. The third-order valence-electron chi connectivity index (χ3n) is 2.60. The molecule has 112 valence electrons. The molecule has 1 unspecified atom stereocenters. The van der Waals surface area contributed by atoms with Gasteiger partial charge >= 0.3 is 0 Å². The van der Waals surface area contributed by atoms with E-state index in [1.165, 1.54) is 12.1 Å². The predicted octanol–water partition coefficient (Wildman–Crippen LogP) is 0.242. The minimum Gasteiger partial charge on any atom is -0.393 e. The lowest BCUT2D eigenvalue weighted by Crippen LogP contribution is -2.37. The van der Waals surface area contributed by atoms with Crippen molar-refractivity contribution in [3.8, 4) is 0 Å². The van der Waals surface area contributed by atoms with E-state index in [9.17, 15) is 13.2 Å². The zero-order chi connectivity index (χ0) is 15.0. The maximum Gasteiger partial charge on any atom is 0.241 e. The van der Waals surface area contributed by atoms with Gasteiger partial charge in [0.05, 0.1) is 17.5 Å². The molecule has 7 heteroatoms. The number of carbonyl (C=O) groups is 1. The van der Waals surface area contributed by atoms with Crippen LogP contribution in [0, 0.1) is 0 Å². The average Bonchev–Trinajstić information content (AvgIpc) is 2.42. The van der Waals surface area contributed by atoms with E-state index >= 15 is 0 Å². The second-order valence-electron chi connectivity index (χ2n) is 4.48. The number of rotatable bonds is 8. The predicted molar refractivity (Wildman–Crippen MR) is 75.6 cm³/mol. The molecular weight excluding hydrogens is 280 g/mol. The third-order valence-corrected chi connectivity index (χ3v) is 4.01. The van der Waals surface area contributed by atoms with Crippen molar-refractivity contribution in [2.75, 3.05) is 13.1 Å². The van der Waals surface area contributed by atoms with E-state index in [1.54, 1.807) is 25.1 Å². The Kier molecular flexibility index (Phi) is 6.63. The molecule has 1 aromatic carbocycles. The van der Waals surface area contributed by atoms with Gasteiger partial charge in [-0.1, -0.05) is 18.2 Å². The molecule has 0 bridgehead atoms. The van der Waals surface area contributed by atoms with Crippen LogP contribution in [0.2, 0.25) is 0 Å². The van der Waals surface area contributed by atoms with Crippen molar-refractivity contribution >= 4 is 15.9 Å². The van der Waals surface area contributed by atoms with Crippen LogP contribution in [0.4, 0.5) is 0 Å². The number of aliphatic hydroxyl groups is 1. The Morgan fingerprint density at radius 1 is 1.30 bits per heavy atom. The SMILES string of the molecule is CC(O)CCCNC(=O)CNS(=O)(=O)c1ccccc1. The van der Waals surface area contributed by atoms with Crippen LogP contribution in [0.25, 0.3) is 0 Å². The first-order chi connectivity index (χ1) is 9.42. The lowest BCUT2D eigenvalue weighted by molar-refractivity contribution is -0.120. The Bertz CT molecular complexity index is 514. The van der Waals surface area contributed by atoms with Gasteiger partial charge in [-0.05, 0) is 31.9 Å². The van der Waals surface area contributed by atoms with Crippen LogP contribution < -0.4 is 10.0 Å². The van der Waals surface area contributed by atoms with Crippen LogP contribution in [0.15, 0.2) is 35.2 Å². The number of benzene rings is 1. The third kappa shape index (κ3) is 6.14. The van der Waals surface area contributed by atoms with Crippen molar-refractivity contribution in [3.63, 3.8) is 0 Å². The molecular formula is C13H20N2O4S. The second-order valence-corrected chi connectivity index (χ2v) is 6.25. The number of aliphatic hydroxyl groups excluding tert-OH is 1. The van der Waals surface area contributed by atoms with Crippen LogP contribution in [-0.4, -0.2) is 38.6 Å². The maximum absolute atomic E-state index is 11.8. The normalized spacial score (nSPS) is 12.9. The van der Waals surface area contributed by atoms with E-state index in [1.807, 2.05) is 0 Å². The molecule has 0 aromatic heterocycles. The lowest BCUT2D eigenvalue weighted by atomic mass is 10.2. The van der Waals surface area contributed by atoms with E-state index in [-0.39, 0.29) is 11.4 Å². The van der Waals surface area contributed by atoms with Gasteiger partial charge in [-0.15, -0.1) is 0 Å². The molecule has 0 saturated carbocycles. The van der Waals surface area contributed by atoms with Gasteiger partial charge in [0, 0.05) is 6.54 Å². The summed E-state index contributed by atoms with van der Waals surface area (Å²) in [6.07, 6.45) is 0.841. The molecule has 20 heavy (non-hydrogen) atoms. The van der Waals surface area contributed by atoms with Gasteiger partial charge in [-0.25, -0.2) is 13.1 Å². The summed E-state index contributed by atoms with van der Waals surface area (Å²) in [5, 5.41) is 11.6. The molecule has 0 aliphatic heterocycles. The summed E-state index contributed by atoms with van der Waals surface area (Å²) in [5.41, 5.74) is 0. The van der Waals surface area contributed by atoms with E-state index in [4.69, 9.17) is 5.11 Å². The summed E-state index contributed by atoms with van der Waals surface area (Å²) in [6.45, 7) is 1.79. The van der Waals surface area contributed by atoms with E-state index in [0.29, 0.717) is 19.4 Å². The molecule has 3 N–H and O–H groups in total. The number of sulfonamides is 1. The molecule has 0 fully saturated rings. The molecule has 0 aliphatic carbocycles. The standard InChI is InChI=1S/C13H20N2O4S/c1-11(16)6-5-9-14-13(17)10-15-20(18,19)12-7-3-2-4-8-12/h2-4,7-8,11,15-16H,5-6,9-10H2,1H3,(H,14,17). The molecule has 1 rings (SSSR count). The van der Waals surface area contributed by atoms with Crippen molar-refractivity contribution in [2.45, 2.75) is 30.8 Å². The summed E-state index contributed by atoms with van der Waals surface area (Å²) in [7, 11) is -3.65. The minimum absolute atomic E-state index is 0.127. The average molecular weight is 300 g/mol. The molecule has 0 spiro atoms. The smallest absolute Gasteiger partial charge is 0.241 e. The quantitative estimate of drug-likeness (QED) is 0.599. The van der Waals surface area contributed by atoms with Crippen molar-refractivity contribution in [3.05, 3.63) is 30.3 Å². The zero-order valence-corrected chi connectivity index (χ0v) is 12.2. The van der Waals surface area contributed by atoms with Crippen LogP contribution in [0.5, 0.6) is 0 Å². The Balaban J connectivity index is 2.34. The first kappa shape index (κ1) is 16.6. The molecule has 1 atom stereocenters. The zero-order valence-electron chi connectivity index (χ0n) is 11.4. The second kappa shape index (κ2) is 7.98. The Hall–Kier alpha value is -1.44. The number of amides is 1. The fraction of sp³-hybridized carbons (Fsp3) is 0.462. The Labute approximate surface area is 119 Å². The van der Waals surface area contributed by atoms with Gasteiger partial charge in [0.2, 0.25) is 15.9 Å². The molecule has 0 saturated heterocycles. The number of nitrogens with one attached hydrogen (secondary N) is 2. The van der Waals surface area contributed by atoms with Crippen molar-refractivity contribution in [1.29, 1.82) is 0 Å². The fourth-order valence-electron chi connectivity index (χ4n) is 1.53. The van der Waals surface area contributed by atoms with Gasteiger partial charge in [0.15, 0.2) is 0 Å². The first-order valence-corrected chi connectivity index (χ1v) is 7.89. The van der Waals surface area contributed by atoms with Gasteiger partial charge in [-0.3, -0.25) is 4.79 Å². The topological polar surface area (TPSA) is 95.5 Å². The van der Waals surface area contributed by atoms with Crippen LogP contribution in [-0.2, 0) is 14.8 Å². The molecule has 1 amide bonds. The monoisotopic (exact) mass is 300 g/mol. The van der Waals surface area contributed by atoms with Crippen LogP contribution >= 0.6 is 0 Å². The van der Waals surface area contributed by atoms with Crippen LogP contribution in [0.3, 0.4) is 0 Å². The summed E-state index contributed by atoms with van der Waals surface area (Å²) in [6, 6.07) is 7.87. The van der Waals surface area contributed by atoms with E-state index in [2.05, 4.69) is 10.0 Å². The highest BCUT2D eigenvalue weighted by molar-refractivity contribution is 7.89. The molecule has 0 heterocycles. The van der Waals surface area contributed by atoms with Crippen molar-refractivity contribution in [1.82, 2.24) is 10.0 Å². The molecule has 0 radical (unpaired) electrons. The largest absolute Gasteiger partial charge is 0.393 e. The summed E-state index contributed by atoms with van der Waals surface area (Å²) >= 11 is 0. The summed E-state index contributed by atoms with van der Waals surface area (Å²) < 4.78 is 25.9. The van der Waals surface area contributed by atoms with Crippen molar-refractivity contribution in [2.24, 2.45) is 0 Å². The maximum atomic E-state index is 11.8. The highest BCUT2D eigenvalue weighted by Gasteiger charge is 2.14. The summed E-state index contributed by atoms with van der Waals surface area (Å²) in [4.78, 5) is 11.6. The number of hydrogen-bond acceptors (Lipinski definition) is 4. The highest BCUT2D eigenvalue weighted by Crippen LogP contribution is 2.06. The van der Waals surface area contributed by atoms with E-state index < -0.39 is 22.0 Å². The van der Waals surface area contributed by atoms with Gasteiger partial charge in [0.25, 0.3) is 0 Å². The molecule has 1 aromatic rings. The lowest BCUT2D eigenvalue weighted by Gasteiger charge is -2.08. The molecule has 0 aliphatic rings.